The summed E-state index contributed by atoms with van der Waals surface area (Å²) in [6.45, 7) is 3.71. The number of hydrogen-bond donors (Lipinski definition) is 1. The first kappa shape index (κ1) is 18.1. The number of anilines is 1. The van der Waals surface area contributed by atoms with Crippen molar-refractivity contribution in [3.8, 4) is 0 Å². The van der Waals surface area contributed by atoms with Crippen LogP contribution in [0.25, 0.3) is 6.08 Å². The van der Waals surface area contributed by atoms with Crippen molar-refractivity contribution in [3.63, 3.8) is 0 Å². The van der Waals surface area contributed by atoms with Gasteiger partial charge in [-0.2, -0.15) is 0 Å². The van der Waals surface area contributed by atoms with Crippen LogP contribution < -0.4 is 5.32 Å². The Labute approximate surface area is 161 Å². The van der Waals surface area contributed by atoms with Crippen molar-refractivity contribution in [1.29, 1.82) is 0 Å². The minimum Gasteiger partial charge on any atom is -0.324 e. The standard InChI is InChI=1S/C19H16Cl2N2OS/c1-2-12-6-8-13(9-7-12)22-19(24)17-11-25-18(23-17)10-14-15(20)4-3-5-16(14)21/h2-9,17H,1,10-11H2,(H,22,24). The van der Waals surface area contributed by atoms with Crippen LogP contribution in [0, 0.1) is 0 Å². The molecule has 2 aromatic rings. The van der Waals surface area contributed by atoms with Gasteiger partial charge in [0.15, 0.2) is 0 Å². The lowest BCUT2D eigenvalue weighted by molar-refractivity contribution is -0.116. The van der Waals surface area contributed by atoms with Crippen LogP contribution in [0.4, 0.5) is 5.69 Å². The zero-order valence-electron chi connectivity index (χ0n) is 13.3. The second-order valence-corrected chi connectivity index (χ2v) is 7.45. The van der Waals surface area contributed by atoms with E-state index in [-0.39, 0.29) is 5.91 Å². The molecule has 6 heteroatoms. The number of thioether (sulfide) groups is 1. The summed E-state index contributed by atoms with van der Waals surface area (Å²) in [6.07, 6.45) is 2.30. The molecule has 0 bridgehead atoms. The Morgan fingerprint density at radius 3 is 2.56 bits per heavy atom. The lowest BCUT2D eigenvalue weighted by atomic mass is 10.1. The molecule has 1 heterocycles. The molecule has 0 spiro atoms. The van der Waals surface area contributed by atoms with E-state index in [0.29, 0.717) is 22.2 Å². The topological polar surface area (TPSA) is 41.5 Å². The van der Waals surface area contributed by atoms with Gasteiger partial charge in [0.2, 0.25) is 5.91 Å². The normalized spacial score (nSPS) is 16.4. The minimum atomic E-state index is -0.402. The Hall–Kier alpha value is -1.75. The van der Waals surface area contributed by atoms with E-state index in [9.17, 15) is 4.79 Å². The second kappa shape index (κ2) is 8.09. The van der Waals surface area contributed by atoms with Crippen molar-refractivity contribution in [2.24, 2.45) is 4.99 Å². The maximum absolute atomic E-state index is 12.4. The minimum absolute atomic E-state index is 0.112. The van der Waals surface area contributed by atoms with Crippen LogP contribution in [-0.2, 0) is 11.2 Å². The molecule has 1 aliphatic heterocycles. The van der Waals surface area contributed by atoms with E-state index < -0.39 is 6.04 Å². The molecular formula is C19H16Cl2N2OS. The summed E-state index contributed by atoms with van der Waals surface area (Å²) in [5.41, 5.74) is 2.60. The number of carbonyl (C=O) groups is 1. The smallest absolute Gasteiger partial charge is 0.250 e. The summed E-state index contributed by atoms with van der Waals surface area (Å²) in [6, 6.07) is 12.5. The fourth-order valence-electron chi connectivity index (χ4n) is 2.44. The Morgan fingerprint density at radius 2 is 1.92 bits per heavy atom. The number of hydrogen-bond acceptors (Lipinski definition) is 3. The molecule has 1 atom stereocenters. The molecule has 0 aliphatic carbocycles. The summed E-state index contributed by atoms with van der Waals surface area (Å²) in [5, 5.41) is 5.00. The van der Waals surface area contributed by atoms with Crippen molar-refractivity contribution < 1.29 is 4.79 Å². The number of carbonyl (C=O) groups excluding carboxylic acids is 1. The van der Waals surface area contributed by atoms with E-state index in [1.807, 2.05) is 30.3 Å². The highest BCUT2D eigenvalue weighted by Gasteiger charge is 2.25. The van der Waals surface area contributed by atoms with Gasteiger partial charge in [-0.05, 0) is 35.4 Å². The van der Waals surface area contributed by atoms with Crippen LogP contribution in [0.1, 0.15) is 11.1 Å². The van der Waals surface area contributed by atoms with Gasteiger partial charge in [0.1, 0.15) is 6.04 Å². The SMILES string of the molecule is C=Cc1ccc(NC(=O)C2CSC(Cc3c(Cl)cccc3Cl)=N2)cc1. The molecule has 0 aromatic heterocycles. The average molecular weight is 391 g/mol. The number of rotatable bonds is 5. The first-order valence-corrected chi connectivity index (χ1v) is 9.46. The van der Waals surface area contributed by atoms with E-state index in [1.165, 1.54) is 0 Å². The number of aliphatic imine (C=N–C) groups is 1. The van der Waals surface area contributed by atoms with Gasteiger partial charge >= 0.3 is 0 Å². The van der Waals surface area contributed by atoms with Crippen molar-refractivity contribution in [2.45, 2.75) is 12.5 Å². The summed E-state index contributed by atoms with van der Waals surface area (Å²) >= 11 is 14.0. The Kier molecular flexibility index (Phi) is 5.84. The predicted octanol–water partition coefficient (Wildman–Crippen LogP) is 5.33. The summed E-state index contributed by atoms with van der Waals surface area (Å²) in [7, 11) is 0. The third-order valence-corrected chi connectivity index (χ3v) is 5.59. The third-order valence-electron chi connectivity index (χ3n) is 3.81. The maximum Gasteiger partial charge on any atom is 0.250 e. The van der Waals surface area contributed by atoms with Crippen LogP contribution in [0.3, 0.4) is 0 Å². The van der Waals surface area contributed by atoms with Crippen LogP contribution in [0.2, 0.25) is 10.0 Å². The summed E-state index contributed by atoms with van der Waals surface area (Å²) in [5.74, 6) is 0.507. The molecule has 0 saturated heterocycles. The maximum atomic E-state index is 12.4. The number of halogens is 2. The molecule has 25 heavy (non-hydrogen) atoms. The highest BCUT2D eigenvalue weighted by Crippen LogP contribution is 2.29. The van der Waals surface area contributed by atoms with Gasteiger partial charge in [-0.25, -0.2) is 0 Å². The third kappa shape index (κ3) is 4.46. The highest BCUT2D eigenvalue weighted by molar-refractivity contribution is 8.14. The van der Waals surface area contributed by atoms with Gasteiger partial charge in [0.05, 0.1) is 5.04 Å². The van der Waals surface area contributed by atoms with Crippen molar-refractivity contribution in [2.75, 3.05) is 11.1 Å². The van der Waals surface area contributed by atoms with Crippen molar-refractivity contribution >= 4 is 57.7 Å². The molecule has 0 saturated carbocycles. The van der Waals surface area contributed by atoms with Crippen molar-refractivity contribution in [1.82, 2.24) is 0 Å². The van der Waals surface area contributed by atoms with Crippen LogP contribution >= 0.6 is 35.0 Å². The zero-order valence-corrected chi connectivity index (χ0v) is 15.7. The Balaban J connectivity index is 1.66. The lowest BCUT2D eigenvalue weighted by Gasteiger charge is -2.08. The molecule has 1 amide bonds. The monoisotopic (exact) mass is 390 g/mol. The number of nitrogens with zero attached hydrogens (tertiary/aromatic N) is 1. The van der Waals surface area contributed by atoms with Crippen LogP contribution in [0.15, 0.2) is 54.0 Å². The largest absolute Gasteiger partial charge is 0.324 e. The quantitative estimate of drug-likeness (QED) is 0.748. The number of benzene rings is 2. The first-order valence-electron chi connectivity index (χ1n) is 7.72. The number of nitrogens with one attached hydrogen (secondary N) is 1. The molecule has 0 radical (unpaired) electrons. The van der Waals surface area contributed by atoms with Gasteiger partial charge in [-0.1, -0.05) is 54.1 Å². The van der Waals surface area contributed by atoms with Gasteiger partial charge < -0.3 is 5.32 Å². The predicted molar refractivity (Wildman–Crippen MR) is 109 cm³/mol. The van der Waals surface area contributed by atoms with Gasteiger partial charge in [-0.3, -0.25) is 9.79 Å². The van der Waals surface area contributed by atoms with Crippen LogP contribution in [0.5, 0.6) is 0 Å². The van der Waals surface area contributed by atoms with E-state index in [2.05, 4.69) is 16.9 Å². The second-order valence-electron chi connectivity index (χ2n) is 5.54. The molecule has 2 aromatic carbocycles. The average Bonchev–Trinajstić information content (AvgIpc) is 3.08. The molecule has 0 fully saturated rings. The highest BCUT2D eigenvalue weighted by atomic mass is 35.5. The van der Waals surface area contributed by atoms with Gasteiger partial charge in [0, 0.05) is 27.9 Å². The molecule has 3 nitrogen and oxygen atoms in total. The van der Waals surface area contributed by atoms with Crippen LogP contribution in [-0.4, -0.2) is 22.7 Å². The van der Waals surface area contributed by atoms with Gasteiger partial charge in [0.25, 0.3) is 0 Å². The Bertz CT molecular complexity index is 814. The fourth-order valence-corrected chi connectivity index (χ4v) is 3.99. The Morgan fingerprint density at radius 1 is 1.24 bits per heavy atom. The zero-order chi connectivity index (χ0) is 17.8. The summed E-state index contributed by atoms with van der Waals surface area (Å²) < 4.78 is 0. The molecule has 1 unspecified atom stereocenters. The van der Waals surface area contributed by atoms with E-state index in [0.717, 1.165) is 21.9 Å². The van der Waals surface area contributed by atoms with Gasteiger partial charge in [-0.15, -0.1) is 11.8 Å². The van der Waals surface area contributed by atoms with E-state index in [1.54, 1.807) is 30.0 Å². The summed E-state index contributed by atoms with van der Waals surface area (Å²) in [4.78, 5) is 16.9. The number of amides is 1. The van der Waals surface area contributed by atoms with E-state index >= 15 is 0 Å². The van der Waals surface area contributed by atoms with E-state index in [4.69, 9.17) is 23.2 Å². The molecule has 3 rings (SSSR count). The molecule has 1 N–H and O–H groups in total. The van der Waals surface area contributed by atoms with Crippen molar-refractivity contribution in [3.05, 3.63) is 70.2 Å². The fraction of sp³-hybridized carbons (Fsp3) is 0.158. The molecular weight excluding hydrogens is 375 g/mol. The lowest BCUT2D eigenvalue weighted by Crippen LogP contribution is -2.26. The molecule has 128 valence electrons. The first-order chi connectivity index (χ1) is 12.1. The molecule has 1 aliphatic rings.